The Labute approximate surface area is 161 Å². The van der Waals surface area contributed by atoms with Crippen LogP contribution < -0.4 is 5.32 Å². The van der Waals surface area contributed by atoms with Crippen molar-refractivity contribution in [1.29, 1.82) is 0 Å². The average Bonchev–Trinajstić information content (AvgIpc) is 2.97. The Bertz CT molecular complexity index is 982. The fourth-order valence-corrected chi connectivity index (χ4v) is 3.85. The molecule has 0 aromatic heterocycles. The molecule has 0 radical (unpaired) electrons. The lowest BCUT2D eigenvalue weighted by Crippen LogP contribution is -2.42. The Morgan fingerprint density at radius 2 is 1.89 bits per heavy atom. The maximum atomic E-state index is 12.3. The quantitative estimate of drug-likeness (QED) is 0.889. The van der Waals surface area contributed by atoms with Crippen molar-refractivity contribution < 1.29 is 9.59 Å². The van der Waals surface area contributed by atoms with Gasteiger partial charge < -0.3 is 5.32 Å². The first-order chi connectivity index (χ1) is 13.0. The number of carbonyl (C=O) groups is 2. The van der Waals surface area contributed by atoms with Gasteiger partial charge in [-0.05, 0) is 38.1 Å². The van der Waals surface area contributed by atoms with Crippen LogP contribution in [0.5, 0.6) is 0 Å². The van der Waals surface area contributed by atoms with Crippen LogP contribution in [-0.4, -0.2) is 39.5 Å². The maximum Gasteiger partial charge on any atom is 0.270 e. The van der Waals surface area contributed by atoms with E-state index in [4.69, 9.17) is 0 Å². The third-order valence-corrected chi connectivity index (χ3v) is 5.38. The van der Waals surface area contributed by atoms with Gasteiger partial charge in [0.25, 0.3) is 5.91 Å². The van der Waals surface area contributed by atoms with Crippen LogP contribution in [0.3, 0.4) is 0 Å². The van der Waals surface area contributed by atoms with Gasteiger partial charge in [0, 0.05) is 11.3 Å². The summed E-state index contributed by atoms with van der Waals surface area (Å²) >= 11 is 1.30. The van der Waals surface area contributed by atoms with Gasteiger partial charge in [-0.15, -0.1) is 0 Å². The van der Waals surface area contributed by atoms with Gasteiger partial charge in [-0.3, -0.25) is 14.5 Å². The highest BCUT2D eigenvalue weighted by molar-refractivity contribution is 8.14. The van der Waals surface area contributed by atoms with Crippen molar-refractivity contribution in [2.75, 3.05) is 11.1 Å². The van der Waals surface area contributed by atoms with E-state index in [0.29, 0.717) is 11.0 Å². The third-order valence-electron chi connectivity index (χ3n) is 4.42. The lowest BCUT2D eigenvalue weighted by Gasteiger charge is -2.29. The van der Waals surface area contributed by atoms with Crippen molar-refractivity contribution >= 4 is 46.0 Å². The van der Waals surface area contributed by atoms with Crippen molar-refractivity contribution in [3.63, 3.8) is 0 Å². The molecule has 2 amide bonds. The minimum absolute atomic E-state index is 0.123. The molecule has 27 heavy (non-hydrogen) atoms. The second-order valence-electron chi connectivity index (χ2n) is 6.43. The summed E-state index contributed by atoms with van der Waals surface area (Å²) < 4.78 is 0. The van der Waals surface area contributed by atoms with Gasteiger partial charge >= 0.3 is 0 Å². The Hall–Kier alpha value is -2.93. The zero-order valence-electron chi connectivity index (χ0n) is 15.0. The summed E-state index contributed by atoms with van der Waals surface area (Å²) in [6.07, 6.45) is 0. The lowest BCUT2D eigenvalue weighted by molar-refractivity contribution is -0.119. The van der Waals surface area contributed by atoms with Crippen molar-refractivity contribution in [3.8, 4) is 0 Å². The molecular weight excluding hydrogens is 360 g/mol. The number of amidine groups is 2. The molecule has 6 nitrogen and oxygen atoms in total. The summed E-state index contributed by atoms with van der Waals surface area (Å²) in [6.45, 7) is 3.80. The molecular formula is C20H18N4O2S. The van der Waals surface area contributed by atoms with E-state index in [9.17, 15) is 9.59 Å². The monoisotopic (exact) mass is 378 g/mol. The summed E-state index contributed by atoms with van der Waals surface area (Å²) in [5.41, 5.74) is 3.49. The van der Waals surface area contributed by atoms with Crippen LogP contribution in [0.2, 0.25) is 0 Å². The summed E-state index contributed by atoms with van der Waals surface area (Å²) in [7, 11) is 0. The number of hydrogen-bond donors (Lipinski definition) is 1. The molecule has 0 saturated heterocycles. The molecule has 0 saturated carbocycles. The average molecular weight is 378 g/mol. The predicted molar refractivity (Wildman–Crippen MR) is 109 cm³/mol. The molecule has 7 heteroatoms. The number of nitrogens with one attached hydrogen (secondary N) is 1. The Kier molecular flexibility index (Phi) is 4.53. The Balaban J connectivity index is 1.52. The van der Waals surface area contributed by atoms with Gasteiger partial charge in [-0.25, -0.2) is 4.99 Å². The molecule has 0 fully saturated rings. The van der Waals surface area contributed by atoms with Crippen LogP contribution in [-0.2, 0) is 9.59 Å². The second kappa shape index (κ2) is 7.00. The van der Waals surface area contributed by atoms with E-state index in [1.807, 2.05) is 60.4 Å². The van der Waals surface area contributed by atoms with Crippen molar-refractivity contribution in [1.82, 2.24) is 4.90 Å². The van der Waals surface area contributed by atoms with Crippen LogP contribution in [0.1, 0.15) is 18.1 Å². The highest BCUT2D eigenvalue weighted by atomic mass is 32.2. The standard InChI is InChI=1S/C20H18N4O2S/c1-12-7-9-14(10-8-12)21-17(25)11-27-20-22-16-6-4-3-5-15(16)18-23-19(26)13(2)24(18)20/h3-10,13H,11H2,1-2H3,(H,21,25). The highest BCUT2D eigenvalue weighted by Crippen LogP contribution is 2.33. The zero-order valence-corrected chi connectivity index (χ0v) is 15.8. The molecule has 0 spiro atoms. The summed E-state index contributed by atoms with van der Waals surface area (Å²) in [5.74, 6) is 0.486. The topological polar surface area (TPSA) is 74.1 Å². The van der Waals surface area contributed by atoms with Gasteiger partial charge in [0.05, 0.1) is 11.4 Å². The van der Waals surface area contributed by atoms with E-state index in [1.54, 1.807) is 6.92 Å². The lowest BCUT2D eigenvalue weighted by atomic mass is 10.1. The van der Waals surface area contributed by atoms with E-state index in [1.165, 1.54) is 11.8 Å². The van der Waals surface area contributed by atoms with Crippen LogP contribution >= 0.6 is 11.8 Å². The Morgan fingerprint density at radius 3 is 2.67 bits per heavy atom. The molecule has 0 aliphatic carbocycles. The number of amides is 2. The minimum atomic E-state index is -0.417. The van der Waals surface area contributed by atoms with Gasteiger partial charge in [0.1, 0.15) is 11.9 Å². The van der Waals surface area contributed by atoms with E-state index in [2.05, 4.69) is 15.3 Å². The smallest absolute Gasteiger partial charge is 0.270 e. The number of thioether (sulfide) groups is 1. The minimum Gasteiger partial charge on any atom is -0.325 e. The highest BCUT2D eigenvalue weighted by Gasteiger charge is 2.39. The number of hydrogen-bond acceptors (Lipinski definition) is 5. The zero-order chi connectivity index (χ0) is 19.0. The van der Waals surface area contributed by atoms with Gasteiger partial charge in [0.15, 0.2) is 5.17 Å². The number of nitrogens with zero attached hydrogens (tertiary/aromatic N) is 3. The summed E-state index contributed by atoms with van der Waals surface area (Å²) in [6, 6.07) is 14.8. The largest absolute Gasteiger partial charge is 0.325 e. The number of benzene rings is 2. The van der Waals surface area contributed by atoms with Crippen molar-refractivity contribution in [2.45, 2.75) is 19.9 Å². The molecule has 1 N–H and O–H groups in total. The molecule has 2 aromatic carbocycles. The van der Waals surface area contributed by atoms with E-state index < -0.39 is 6.04 Å². The summed E-state index contributed by atoms with van der Waals surface area (Å²) in [4.78, 5) is 35.1. The maximum absolute atomic E-state index is 12.3. The molecule has 2 aromatic rings. The molecule has 2 aliphatic rings. The number of carbonyl (C=O) groups excluding carboxylic acids is 2. The van der Waals surface area contributed by atoms with Gasteiger partial charge in [-0.2, -0.15) is 4.99 Å². The number of fused-ring (bicyclic) bond motifs is 3. The Morgan fingerprint density at radius 1 is 1.15 bits per heavy atom. The number of rotatable bonds is 3. The normalized spacial score (nSPS) is 17.8. The van der Waals surface area contributed by atoms with Gasteiger partial charge in [-0.1, -0.05) is 41.6 Å². The fraction of sp³-hybridized carbons (Fsp3) is 0.200. The first kappa shape index (κ1) is 17.5. The first-order valence-electron chi connectivity index (χ1n) is 8.62. The van der Waals surface area contributed by atoms with Crippen molar-refractivity contribution in [3.05, 3.63) is 59.7 Å². The fourth-order valence-electron chi connectivity index (χ4n) is 2.97. The molecule has 2 aliphatic heterocycles. The number of para-hydroxylation sites is 1. The van der Waals surface area contributed by atoms with Crippen LogP contribution in [0.15, 0.2) is 58.5 Å². The summed E-state index contributed by atoms with van der Waals surface area (Å²) in [5, 5.41) is 3.49. The molecule has 136 valence electrons. The number of aliphatic imine (C=N–C) groups is 2. The molecule has 4 rings (SSSR count). The first-order valence-corrected chi connectivity index (χ1v) is 9.60. The second-order valence-corrected chi connectivity index (χ2v) is 7.38. The van der Waals surface area contributed by atoms with E-state index in [-0.39, 0.29) is 17.6 Å². The van der Waals surface area contributed by atoms with Crippen molar-refractivity contribution in [2.24, 2.45) is 9.98 Å². The van der Waals surface area contributed by atoms with Crippen LogP contribution in [0.4, 0.5) is 11.4 Å². The van der Waals surface area contributed by atoms with E-state index in [0.717, 1.165) is 22.5 Å². The molecule has 1 atom stereocenters. The van der Waals surface area contributed by atoms with E-state index >= 15 is 0 Å². The molecule has 0 bridgehead atoms. The molecule has 1 unspecified atom stereocenters. The third kappa shape index (κ3) is 3.38. The number of aryl methyl sites for hydroxylation is 1. The van der Waals surface area contributed by atoms with Crippen LogP contribution in [0.25, 0.3) is 0 Å². The van der Waals surface area contributed by atoms with Gasteiger partial charge in [0.2, 0.25) is 5.91 Å². The SMILES string of the molecule is Cc1ccc(NC(=O)CSC2=Nc3ccccc3C3=NC(=O)C(C)N23)cc1. The molecule has 2 heterocycles. The van der Waals surface area contributed by atoms with Crippen LogP contribution in [0, 0.1) is 6.92 Å². The predicted octanol–water partition coefficient (Wildman–Crippen LogP) is 3.35. The number of anilines is 1.